The summed E-state index contributed by atoms with van der Waals surface area (Å²) in [5.74, 6) is -3.71. The average Bonchev–Trinajstić information content (AvgIpc) is 2.56. The first-order valence-electron chi connectivity index (χ1n) is 7.51. The van der Waals surface area contributed by atoms with Gasteiger partial charge in [-0.05, 0) is 36.8 Å². The third kappa shape index (κ3) is 3.30. The topological polar surface area (TPSA) is 78.8 Å². The highest BCUT2D eigenvalue weighted by atomic mass is 19.1. The van der Waals surface area contributed by atoms with Gasteiger partial charge >= 0.3 is 6.03 Å². The minimum Gasteiger partial charge on any atom is -0.276 e. The Morgan fingerprint density at radius 2 is 1.88 bits per heavy atom. The number of benzene rings is 2. The van der Waals surface area contributed by atoms with Crippen molar-refractivity contribution in [1.82, 2.24) is 5.32 Å². The minimum atomic E-state index is -1.32. The van der Waals surface area contributed by atoms with Crippen LogP contribution in [-0.2, 0) is 9.59 Å². The Morgan fingerprint density at radius 3 is 2.60 bits per heavy atom. The summed E-state index contributed by atoms with van der Waals surface area (Å²) in [5.41, 5.74) is 1.32. The number of nitrogens with zero attached hydrogens (tertiary/aromatic N) is 2. The van der Waals surface area contributed by atoms with E-state index in [4.69, 9.17) is 0 Å². The van der Waals surface area contributed by atoms with Crippen LogP contribution in [0.25, 0.3) is 0 Å². The van der Waals surface area contributed by atoms with E-state index in [9.17, 15) is 18.8 Å². The summed E-state index contributed by atoms with van der Waals surface area (Å²) in [7, 11) is 0. The molecule has 1 aliphatic heterocycles. The van der Waals surface area contributed by atoms with Gasteiger partial charge in [-0.15, -0.1) is 0 Å². The number of para-hydroxylation sites is 1. The Kier molecular flexibility index (Phi) is 4.38. The number of hydrogen-bond acceptors (Lipinski definition) is 4. The van der Waals surface area contributed by atoms with Gasteiger partial charge in [0.05, 0.1) is 11.4 Å². The highest BCUT2D eigenvalue weighted by Crippen LogP contribution is 2.23. The lowest BCUT2D eigenvalue weighted by molar-refractivity contribution is -0.131. The number of anilines is 1. The highest BCUT2D eigenvalue weighted by Gasteiger charge is 2.41. The van der Waals surface area contributed by atoms with Gasteiger partial charge in [-0.2, -0.15) is 0 Å². The highest BCUT2D eigenvalue weighted by molar-refractivity contribution is 6.32. The largest absolute Gasteiger partial charge is 0.335 e. The number of aliphatic imine (C=N–C) groups is 1. The second kappa shape index (κ2) is 6.64. The van der Waals surface area contributed by atoms with Gasteiger partial charge in [0.1, 0.15) is 5.82 Å². The van der Waals surface area contributed by atoms with Crippen molar-refractivity contribution in [3.8, 4) is 0 Å². The zero-order chi connectivity index (χ0) is 18.0. The summed E-state index contributed by atoms with van der Waals surface area (Å²) in [6.07, 6.45) is 1.16. The van der Waals surface area contributed by atoms with Gasteiger partial charge in [0.15, 0.2) is 5.92 Å². The summed E-state index contributed by atoms with van der Waals surface area (Å²) < 4.78 is 13.9. The fourth-order valence-electron chi connectivity index (χ4n) is 2.45. The van der Waals surface area contributed by atoms with Crippen molar-refractivity contribution in [3.63, 3.8) is 0 Å². The molecule has 2 aromatic carbocycles. The van der Waals surface area contributed by atoms with Gasteiger partial charge in [-0.1, -0.05) is 24.3 Å². The second-order valence-electron chi connectivity index (χ2n) is 5.51. The molecule has 0 saturated carbocycles. The predicted molar refractivity (Wildman–Crippen MR) is 90.2 cm³/mol. The Bertz CT molecular complexity index is 895. The Balaban J connectivity index is 1.92. The first kappa shape index (κ1) is 16.5. The molecule has 3 rings (SSSR count). The monoisotopic (exact) mass is 339 g/mol. The van der Waals surface area contributed by atoms with E-state index in [1.54, 1.807) is 18.2 Å². The molecule has 2 aromatic rings. The van der Waals surface area contributed by atoms with E-state index in [0.29, 0.717) is 10.6 Å². The molecule has 0 radical (unpaired) electrons. The number of rotatable bonds is 3. The molecule has 1 saturated heterocycles. The third-order valence-corrected chi connectivity index (χ3v) is 3.67. The number of aryl methyl sites for hydroxylation is 1. The molecule has 126 valence electrons. The number of barbiturate groups is 1. The summed E-state index contributed by atoms with van der Waals surface area (Å²) in [6.45, 7) is 1.88. The zero-order valence-corrected chi connectivity index (χ0v) is 13.3. The molecule has 0 aromatic heterocycles. The van der Waals surface area contributed by atoms with E-state index in [2.05, 4.69) is 10.3 Å². The number of hydrogen-bond donors (Lipinski definition) is 1. The number of carbonyl (C=O) groups is 3. The molecule has 4 amide bonds. The van der Waals surface area contributed by atoms with Crippen molar-refractivity contribution in [2.75, 3.05) is 4.90 Å². The van der Waals surface area contributed by atoms with E-state index in [1.165, 1.54) is 18.2 Å². The van der Waals surface area contributed by atoms with E-state index in [1.807, 2.05) is 13.0 Å². The lowest BCUT2D eigenvalue weighted by atomic mass is 10.1. The fraction of sp³-hybridized carbons (Fsp3) is 0.111. The summed E-state index contributed by atoms with van der Waals surface area (Å²) >= 11 is 0. The van der Waals surface area contributed by atoms with Crippen LogP contribution in [-0.4, -0.2) is 24.1 Å². The van der Waals surface area contributed by atoms with Crippen LogP contribution >= 0.6 is 0 Å². The zero-order valence-electron chi connectivity index (χ0n) is 13.3. The van der Waals surface area contributed by atoms with Gasteiger partial charge in [-0.25, -0.2) is 14.1 Å². The molecule has 0 unspecified atom stereocenters. The van der Waals surface area contributed by atoms with Crippen LogP contribution in [0.15, 0.2) is 53.5 Å². The first-order valence-corrected chi connectivity index (χ1v) is 7.51. The van der Waals surface area contributed by atoms with Crippen LogP contribution in [0.4, 0.5) is 20.6 Å². The number of urea groups is 1. The molecule has 0 bridgehead atoms. The average molecular weight is 339 g/mol. The number of halogens is 1. The normalized spacial score (nSPS) is 17.9. The Labute approximate surface area is 143 Å². The Hall–Kier alpha value is -3.35. The maximum Gasteiger partial charge on any atom is 0.335 e. The molecule has 0 aliphatic carbocycles. The predicted octanol–water partition coefficient (Wildman–Crippen LogP) is 2.74. The summed E-state index contributed by atoms with van der Waals surface area (Å²) in [6, 6.07) is 11.5. The van der Waals surface area contributed by atoms with Crippen LogP contribution in [0.5, 0.6) is 0 Å². The number of amides is 4. The van der Waals surface area contributed by atoms with Crippen molar-refractivity contribution in [2.45, 2.75) is 6.92 Å². The van der Waals surface area contributed by atoms with Crippen LogP contribution in [0.3, 0.4) is 0 Å². The van der Waals surface area contributed by atoms with E-state index in [-0.39, 0.29) is 5.69 Å². The Morgan fingerprint density at radius 1 is 1.12 bits per heavy atom. The molecule has 1 atom stereocenters. The maximum atomic E-state index is 13.9. The first-order chi connectivity index (χ1) is 12.0. The summed E-state index contributed by atoms with van der Waals surface area (Å²) in [5, 5.41) is 2.05. The quantitative estimate of drug-likeness (QED) is 0.690. The van der Waals surface area contributed by atoms with Crippen LogP contribution < -0.4 is 10.2 Å². The van der Waals surface area contributed by atoms with Crippen molar-refractivity contribution in [3.05, 3.63) is 59.9 Å². The number of nitrogens with one attached hydrogen (secondary N) is 1. The van der Waals surface area contributed by atoms with E-state index >= 15 is 0 Å². The molecule has 1 N–H and O–H groups in total. The smallest absolute Gasteiger partial charge is 0.276 e. The summed E-state index contributed by atoms with van der Waals surface area (Å²) in [4.78, 5) is 41.3. The van der Waals surface area contributed by atoms with Crippen LogP contribution in [0, 0.1) is 18.7 Å². The van der Waals surface area contributed by atoms with Gasteiger partial charge in [0.25, 0.3) is 5.91 Å². The molecule has 0 spiro atoms. The van der Waals surface area contributed by atoms with Crippen molar-refractivity contribution in [2.24, 2.45) is 10.9 Å². The van der Waals surface area contributed by atoms with Crippen LogP contribution in [0.2, 0.25) is 0 Å². The lowest BCUT2D eigenvalue weighted by Crippen LogP contribution is -2.58. The molecule has 1 heterocycles. The van der Waals surface area contributed by atoms with E-state index in [0.717, 1.165) is 17.8 Å². The molecule has 7 heteroatoms. The van der Waals surface area contributed by atoms with Crippen LogP contribution in [0.1, 0.15) is 5.56 Å². The minimum absolute atomic E-state index is 0.216. The van der Waals surface area contributed by atoms with Crippen molar-refractivity contribution in [1.29, 1.82) is 0 Å². The maximum absolute atomic E-state index is 13.9. The lowest BCUT2D eigenvalue weighted by Gasteiger charge is -2.28. The second-order valence-corrected chi connectivity index (χ2v) is 5.51. The molecule has 1 aliphatic rings. The number of imide groups is 2. The number of carbonyl (C=O) groups excluding carboxylic acids is 3. The fourth-order valence-corrected chi connectivity index (χ4v) is 2.45. The standard InChI is InChI=1S/C18H14FN3O3/c1-11-5-4-6-12(9-11)20-10-13-16(23)21-18(25)22(17(13)24)15-8-3-2-7-14(15)19/h2-10,13H,1H3,(H,21,23,25)/t13-/m1/s1. The van der Waals surface area contributed by atoms with E-state index < -0.39 is 29.6 Å². The molecular formula is C18H14FN3O3. The van der Waals surface area contributed by atoms with Crippen molar-refractivity contribution < 1.29 is 18.8 Å². The van der Waals surface area contributed by atoms with Gasteiger partial charge in [0, 0.05) is 6.21 Å². The van der Waals surface area contributed by atoms with Gasteiger partial charge in [-0.3, -0.25) is 19.9 Å². The third-order valence-electron chi connectivity index (χ3n) is 3.67. The molecule has 25 heavy (non-hydrogen) atoms. The SMILES string of the molecule is Cc1cccc(N=C[C@@H]2C(=O)NC(=O)N(c3ccccc3F)C2=O)c1. The molecule has 6 nitrogen and oxygen atoms in total. The molecule has 1 fully saturated rings. The van der Waals surface area contributed by atoms with Gasteiger partial charge in [0.2, 0.25) is 5.91 Å². The molecular weight excluding hydrogens is 325 g/mol. The van der Waals surface area contributed by atoms with Gasteiger partial charge < -0.3 is 0 Å². The van der Waals surface area contributed by atoms with Crippen molar-refractivity contribution >= 4 is 35.4 Å².